The average Bonchev–Trinajstić information content (AvgIpc) is 3.02. The molecule has 0 saturated carbocycles. The molecule has 0 fully saturated rings. The Kier molecular flexibility index (Phi) is 2.36. The molecular weight excluding hydrogens is 244 g/mol. The molecule has 74 valence electrons. The van der Waals surface area contributed by atoms with Crippen molar-refractivity contribution in [1.82, 2.24) is 9.97 Å². The second-order valence-corrected chi connectivity index (χ2v) is 5.55. The summed E-state index contributed by atoms with van der Waals surface area (Å²) in [5.41, 5.74) is 1.06. The van der Waals surface area contributed by atoms with Crippen molar-refractivity contribution in [2.45, 2.75) is 0 Å². The maximum Gasteiger partial charge on any atom is 0.152 e. The lowest BCUT2D eigenvalue weighted by molar-refractivity contribution is 1.36. The molecule has 0 spiro atoms. The highest BCUT2D eigenvalue weighted by Crippen LogP contribution is 2.31. The van der Waals surface area contributed by atoms with Crippen molar-refractivity contribution in [1.29, 1.82) is 0 Å². The zero-order valence-corrected chi connectivity index (χ0v) is 10.0. The molecule has 0 saturated heterocycles. The summed E-state index contributed by atoms with van der Waals surface area (Å²) in [6.45, 7) is 0. The molecule has 0 aliphatic heterocycles. The third-order valence-electron chi connectivity index (χ3n) is 1.89. The molecule has 2 nitrogen and oxygen atoms in total. The van der Waals surface area contributed by atoms with Gasteiger partial charge in [0.1, 0.15) is 0 Å². The van der Waals surface area contributed by atoms with Crippen molar-refractivity contribution < 1.29 is 0 Å². The number of aromatic nitrogens is 2. The summed E-state index contributed by atoms with van der Waals surface area (Å²) < 4.78 is 0. The number of hydrogen-bond acceptors (Lipinski definition) is 5. The van der Waals surface area contributed by atoms with Gasteiger partial charge in [-0.1, -0.05) is 6.07 Å². The first-order valence-electron chi connectivity index (χ1n) is 4.33. The van der Waals surface area contributed by atoms with E-state index in [1.165, 1.54) is 4.88 Å². The first-order valence-corrected chi connectivity index (χ1v) is 6.96. The average molecular weight is 250 g/mol. The van der Waals surface area contributed by atoms with Crippen LogP contribution in [0.25, 0.3) is 20.6 Å². The smallest absolute Gasteiger partial charge is 0.152 e. The Bertz CT molecular complexity index is 488. The lowest BCUT2D eigenvalue weighted by Gasteiger charge is -1.87. The number of rotatable bonds is 2. The summed E-state index contributed by atoms with van der Waals surface area (Å²) in [5, 5.41) is 8.14. The van der Waals surface area contributed by atoms with E-state index in [-0.39, 0.29) is 0 Å². The minimum Gasteiger partial charge on any atom is -0.242 e. The highest BCUT2D eigenvalue weighted by Gasteiger charge is 2.08. The molecule has 3 rings (SSSR count). The second kappa shape index (κ2) is 3.84. The van der Waals surface area contributed by atoms with Gasteiger partial charge in [-0.3, -0.25) is 0 Å². The first-order chi connectivity index (χ1) is 7.43. The quantitative estimate of drug-likeness (QED) is 0.687. The van der Waals surface area contributed by atoms with Crippen LogP contribution in [0.5, 0.6) is 0 Å². The van der Waals surface area contributed by atoms with Gasteiger partial charge in [0, 0.05) is 17.0 Å². The topological polar surface area (TPSA) is 25.8 Å². The van der Waals surface area contributed by atoms with Gasteiger partial charge in [0.2, 0.25) is 0 Å². The standard InChI is InChI=1S/C10H6N2S3/c1-2-8(13-4-1)7-6-15-10(12-7)9-11-3-5-14-9/h1-6H. The fourth-order valence-electron chi connectivity index (χ4n) is 1.24. The second-order valence-electron chi connectivity index (χ2n) is 2.85. The molecule has 0 aromatic carbocycles. The van der Waals surface area contributed by atoms with E-state index in [1.54, 1.807) is 34.0 Å². The van der Waals surface area contributed by atoms with Crippen LogP contribution < -0.4 is 0 Å². The van der Waals surface area contributed by atoms with Gasteiger partial charge in [0.25, 0.3) is 0 Å². The molecule has 3 aromatic heterocycles. The minimum atomic E-state index is 1.00. The fraction of sp³-hybridized carbons (Fsp3) is 0. The van der Waals surface area contributed by atoms with Crippen molar-refractivity contribution in [2.75, 3.05) is 0 Å². The third-order valence-corrected chi connectivity index (χ3v) is 4.54. The van der Waals surface area contributed by atoms with Gasteiger partial charge in [0.05, 0.1) is 10.6 Å². The van der Waals surface area contributed by atoms with E-state index < -0.39 is 0 Å². The van der Waals surface area contributed by atoms with Crippen molar-refractivity contribution in [3.8, 4) is 20.6 Å². The maximum absolute atomic E-state index is 4.57. The molecule has 0 radical (unpaired) electrons. The number of thiazole rings is 2. The molecule has 3 aromatic rings. The SMILES string of the molecule is c1csc(-c2csc(-c3nccs3)n2)c1. The normalized spacial score (nSPS) is 10.7. The van der Waals surface area contributed by atoms with Crippen LogP contribution in [0.3, 0.4) is 0 Å². The molecule has 0 aliphatic carbocycles. The zero-order valence-electron chi connectivity index (χ0n) is 7.58. The van der Waals surface area contributed by atoms with Crippen molar-refractivity contribution in [3.63, 3.8) is 0 Å². The predicted molar refractivity (Wildman–Crippen MR) is 66.5 cm³/mol. The Balaban J connectivity index is 2.02. The predicted octanol–water partition coefficient (Wildman–Crippen LogP) is 4.00. The molecule has 0 unspecified atom stereocenters. The summed E-state index contributed by atoms with van der Waals surface area (Å²) in [7, 11) is 0. The lowest BCUT2D eigenvalue weighted by atomic mass is 10.4. The van der Waals surface area contributed by atoms with Crippen LogP contribution in [-0.4, -0.2) is 9.97 Å². The van der Waals surface area contributed by atoms with E-state index >= 15 is 0 Å². The minimum absolute atomic E-state index is 1.00. The van der Waals surface area contributed by atoms with Crippen molar-refractivity contribution in [2.24, 2.45) is 0 Å². The van der Waals surface area contributed by atoms with Gasteiger partial charge < -0.3 is 0 Å². The van der Waals surface area contributed by atoms with Crippen LogP contribution in [0.15, 0.2) is 34.5 Å². The number of hydrogen-bond donors (Lipinski definition) is 0. The molecule has 3 heterocycles. The Hall–Kier alpha value is -1.04. The van der Waals surface area contributed by atoms with Crippen LogP contribution in [0, 0.1) is 0 Å². The van der Waals surface area contributed by atoms with E-state index in [0.717, 1.165) is 15.7 Å². The maximum atomic E-state index is 4.57. The molecule has 0 N–H and O–H groups in total. The van der Waals surface area contributed by atoms with Crippen molar-refractivity contribution >= 4 is 34.0 Å². The Labute approximate surface area is 98.9 Å². The van der Waals surface area contributed by atoms with Gasteiger partial charge in [-0.25, -0.2) is 9.97 Å². The monoisotopic (exact) mass is 250 g/mol. The van der Waals surface area contributed by atoms with Gasteiger partial charge in [0.15, 0.2) is 10.0 Å². The van der Waals surface area contributed by atoms with Gasteiger partial charge in [-0.05, 0) is 11.4 Å². The van der Waals surface area contributed by atoms with Gasteiger partial charge in [-0.15, -0.1) is 34.0 Å². The summed E-state index contributed by atoms with van der Waals surface area (Å²) in [6, 6.07) is 4.13. The summed E-state index contributed by atoms with van der Waals surface area (Å²) >= 11 is 4.99. The molecule has 0 atom stereocenters. The van der Waals surface area contributed by atoms with Crippen molar-refractivity contribution in [3.05, 3.63) is 34.5 Å². The van der Waals surface area contributed by atoms with Crippen LogP contribution >= 0.6 is 34.0 Å². The fourth-order valence-corrected chi connectivity index (χ4v) is 3.51. The van der Waals surface area contributed by atoms with Crippen LogP contribution in [0.4, 0.5) is 0 Å². The molecule has 5 heteroatoms. The van der Waals surface area contributed by atoms with Crippen LogP contribution in [0.1, 0.15) is 0 Å². The number of nitrogens with zero attached hydrogens (tertiary/aromatic N) is 2. The Morgan fingerprint density at radius 3 is 2.73 bits per heavy atom. The van der Waals surface area contributed by atoms with E-state index in [2.05, 4.69) is 26.8 Å². The van der Waals surface area contributed by atoms with E-state index in [9.17, 15) is 0 Å². The first kappa shape index (κ1) is 9.21. The molecular formula is C10H6N2S3. The highest BCUT2D eigenvalue weighted by atomic mass is 32.1. The van der Waals surface area contributed by atoms with E-state index in [0.29, 0.717) is 0 Å². The van der Waals surface area contributed by atoms with Gasteiger partial charge in [-0.2, -0.15) is 0 Å². The van der Waals surface area contributed by atoms with Crippen LogP contribution in [0.2, 0.25) is 0 Å². The lowest BCUT2D eigenvalue weighted by Crippen LogP contribution is -1.74. The Morgan fingerprint density at radius 1 is 1.00 bits per heavy atom. The molecule has 15 heavy (non-hydrogen) atoms. The molecule has 0 aliphatic rings. The molecule has 0 amide bonds. The highest BCUT2D eigenvalue weighted by molar-refractivity contribution is 7.20. The summed E-state index contributed by atoms with van der Waals surface area (Å²) in [6.07, 6.45) is 1.81. The summed E-state index contributed by atoms with van der Waals surface area (Å²) in [5.74, 6) is 0. The van der Waals surface area contributed by atoms with E-state index in [4.69, 9.17) is 0 Å². The third kappa shape index (κ3) is 1.73. The van der Waals surface area contributed by atoms with E-state index in [1.807, 2.05) is 17.6 Å². The largest absolute Gasteiger partial charge is 0.242 e. The van der Waals surface area contributed by atoms with Gasteiger partial charge >= 0.3 is 0 Å². The number of thiophene rings is 1. The summed E-state index contributed by atoms with van der Waals surface area (Å²) in [4.78, 5) is 10.0. The molecule has 0 bridgehead atoms. The Morgan fingerprint density at radius 2 is 2.00 bits per heavy atom. The van der Waals surface area contributed by atoms with Crippen LogP contribution in [-0.2, 0) is 0 Å². The zero-order chi connectivity index (χ0) is 10.1.